The lowest BCUT2D eigenvalue weighted by Crippen LogP contribution is -2.27. The van der Waals surface area contributed by atoms with E-state index in [1.807, 2.05) is 0 Å². The minimum absolute atomic E-state index is 0.192. The molecule has 0 atom stereocenters. The van der Waals surface area contributed by atoms with Crippen molar-refractivity contribution in [3.63, 3.8) is 0 Å². The van der Waals surface area contributed by atoms with E-state index in [0.717, 1.165) is 0 Å². The molecule has 12 heavy (non-hydrogen) atoms. The second kappa shape index (κ2) is 3.47. The molecule has 0 aromatic carbocycles. The largest absolute Gasteiger partial charge is 0.446 e. The van der Waals surface area contributed by atoms with Gasteiger partial charge in [-0.05, 0) is 0 Å². The summed E-state index contributed by atoms with van der Waals surface area (Å²) in [4.78, 5) is 32.6. The average Bonchev–Trinajstić information content (AvgIpc) is 2.35. The first-order chi connectivity index (χ1) is 5.65. The SMILES string of the molecule is CCC(=O)OC1C(=O)CCC1=O. The van der Waals surface area contributed by atoms with Crippen molar-refractivity contribution in [3.8, 4) is 0 Å². The van der Waals surface area contributed by atoms with Gasteiger partial charge in [0.2, 0.25) is 6.10 Å². The molecule has 0 aromatic heterocycles. The molecule has 1 fully saturated rings. The van der Waals surface area contributed by atoms with Crippen LogP contribution < -0.4 is 0 Å². The highest BCUT2D eigenvalue weighted by molar-refractivity contribution is 6.12. The molecule has 0 aromatic rings. The second-order valence-electron chi connectivity index (χ2n) is 2.66. The van der Waals surface area contributed by atoms with Gasteiger partial charge in [0.25, 0.3) is 0 Å². The third-order valence-corrected chi connectivity index (χ3v) is 1.74. The molecule has 1 saturated carbocycles. The Morgan fingerprint density at radius 3 is 2.33 bits per heavy atom. The van der Waals surface area contributed by atoms with Gasteiger partial charge < -0.3 is 4.74 Å². The van der Waals surface area contributed by atoms with Gasteiger partial charge in [0, 0.05) is 19.3 Å². The zero-order valence-electron chi connectivity index (χ0n) is 6.83. The van der Waals surface area contributed by atoms with Crippen molar-refractivity contribution in [1.29, 1.82) is 0 Å². The van der Waals surface area contributed by atoms with Crippen molar-refractivity contribution < 1.29 is 19.1 Å². The molecular formula is C8H10O4. The quantitative estimate of drug-likeness (QED) is 0.440. The van der Waals surface area contributed by atoms with E-state index in [1.165, 1.54) is 0 Å². The number of carbonyl (C=O) groups excluding carboxylic acids is 3. The lowest BCUT2D eigenvalue weighted by molar-refractivity contribution is -0.157. The fourth-order valence-electron chi connectivity index (χ4n) is 1.03. The Hall–Kier alpha value is -1.19. The summed E-state index contributed by atoms with van der Waals surface area (Å²) >= 11 is 0. The van der Waals surface area contributed by atoms with Crippen LogP contribution >= 0.6 is 0 Å². The minimum Gasteiger partial charge on any atom is -0.446 e. The standard InChI is InChI=1S/C8H10O4/c1-2-7(11)12-8-5(9)3-4-6(8)10/h8H,2-4H2,1H3. The van der Waals surface area contributed by atoms with Gasteiger partial charge in [-0.3, -0.25) is 14.4 Å². The van der Waals surface area contributed by atoms with E-state index in [-0.39, 0.29) is 30.8 Å². The Morgan fingerprint density at radius 1 is 1.42 bits per heavy atom. The summed E-state index contributed by atoms with van der Waals surface area (Å²) in [6.45, 7) is 1.62. The van der Waals surface area contributed by atoms with E-state index in [9.17, 15) is 14.4 Å². The number of ether oxygens (including phenoxy) is 1. The summed E-state index contributed by atoms with van der Waals surface area (Å²) in [7, 11) is 0. The molecule has 0 saturated heterocycles. The van der Waals surface area contributed by atoms with Crippen molar-refractivity contribution in [2.75, 3.05) is 0 Å². The molecular weight excluding hydrogens is 160 g/mol. The van der Waals surface area contributed by atoms with Gasteiger partial charge in [0.05, 0.1) is 0 Å². The van der Waals surface area contributed by atoms with E-state index in [0.29, 0.717) is 0 Å². The number of ketones is 2. The first-order valence-electron chi connectivity index (χ1n) is 3.90. The van der Waals surface area contributed by atoms with E-state index >= 15 is 0 Å². The molecule has 1 aliphatic rings. The molecule has 0 spiro atoms. The van der Waals surface area contributed by atoms with Crippen LogP contribution in [-0.2, 0) is 19.1 Å². The predicted molar refractivity (Wildman–Crippen MR) is 39.4 cm³/mol. The maximum absolute atomic E-state index is 10.9. The topological polar surface area (TPSA) is 60.4 Å². The molecule has 1 rings (SSSR count). The van der Waals surface area contributed by atoms with Gasteiger partial charge in [0.1, 0.15) is 0 Å². The zero-order valence-corrected chi connectivity index (χ0v) is 6.83. The third-order valence-electron chi connectivity index (χ3n) is 1.74. The van der Waals surface area contributed by atoms with Crippen molar-refractivity contribution >= 4 is 17.5 Å². The van der Waals surface area contributed by atoms with Crippen LogP contribution in [0.3, 0.4) is 0 Å². The summed E-state index contributed by atoms with van der Waals surface area (Å²) in [6.07, 6.45) is -0.490. The zero-order chi connectivity index (χ0) is 9.14. The number of rotatable bonds is 2. The van der Waals surface area contributed by atoms with Gasteiger partial charge in [-0.25, -0.2) is 0 Å². The molecule has 4 heteroatoms. The molecule has 66 valence electrons. The van der Waals surface area contributed by atoms with Gasteiger partial charge in [0.15, 0.2) is 11.6 Å². The van der Waals surface area contributed by atoms with Gasteiger partial charge in [-0.15, -0.1) is 0 Å². The van der Waals surface area contributed by atoms with Crippen LogP contribution in [0.2, 0.25) is 0 Å². The van der Waals surface area contributed by atoms with E-state index in [4.69, 9.17) is 0 Å². The van der Waals surface area contributed by atoms with E-state index in [2.05, 4.69) is 4.74 Å². The highest BCUT2D eigenvalue weighted by atomic mass is 16.5. The number of hydrogen-bond donors (Lipinski definition) is 0. The number of Topliss-reactive ketones (excluding diaryl/α,β-unsaturated/α-hetero) is 2. The highest BCUT2D eigenvalue weighted by Gasteiger charge is 2.35. The average molecular weight is 170 g/mol. The van der Waals surface area contributed by atoms with Gasteiger partial charge in [-0.1, -0.05) is 6.92 Å². The van der Waals surface area contributed by atoms with Crippen LogP contribution in [0.1, 0.15) is 26.2 Å². The highest BCUT2D eigenvalue weighted by Crippen LogP contribution is 2.14. The normalized spacial score (nSPS) is 18.4. The van der Waals surface area contributed by atoms with Crippen molar-refractivity contribution in [3.05, 3.63) is 0 Å². The molecule has 4 nitrogen and oxygen atoms in total. The van der Waals surface area contributed by atoms with E-state index < -0.39 is 12.1 Å². The van der Waals surface area contributed by atoms with Crippen LogP contribution in [0, 0.1) is 0 Å². The minimum atomic E-state index is -1.10. The predicted octanol–water partition coefficient (Wildman–Crippen LogP) is 0.240. The lowest BCUT2D eigenvalue weighted by Gasteiger charge is -2.06. The Kier molecular flexibility index (Phi) is 2.58. The summed E-state index contributed by atoms with van der Waals surface area (Å²) in [5.74, 6) is -1.05. The number of carbonyl (C=O) groups is 3. The summed E-state index contributed by atoms with van der Waals surface area (Å²) < 4.78 is 4.65. The Morgan fingerprint density at radius 2 is 1.92 bits per heavy atom. The van der Waals surface area contributed by atoms with E-state index in [1.54, 1.807) is 6.92 Å². The summed E-state index contributed by atoms with van der Waals surface area (Å²) in [5.41, 5.74) is 0. The smallest absolute Gasteiger partial charge is 0.306 e. The molecule has 0 amide bonds. The Labute approximate surface area is 69.9 Å². The van der Waals surface area contributed by atoms with Crippen LogP contribution in [0.15, 0.2) is 0 Å². The van der Waals surface area contributed by atoms with Crippen LogP contribution in [0.25, 0.3) is 0 Å². The van der Waals surface area contributed by atoms with Crippen molar-refractivity contribution in [1.82, 2.24) is 0 Å². The number of hydrogen-bond acceptors (Lipinski definition) is 4. The molecule has 0 aliphatic heterocycles. The van der Waals surface area contributed by atoms with Gasteiger partial charge in [-0.2, -0.15) is 0 Å². The third kappa shape index (κ3) is 1.69. The molecule has 0 bridgehead atoms. The fraction of sp³-hybridized carbons (Fsp3) is 0.625. The molecule has 0 radical (unpaired) electrons. The second-order valence-corrected chi connectivity index (χ2v) is 2.66. The monoisotopic (exact) mass is 170 g/mol. The molecule has 0 unspecified atom stereocenters. The Bertz CT molecular complexity index is 215. The van der Waals surface area contributed by atoms with Crippen molar-refractivity contribution in [2.45, 2.75) is 32.3 Å². The Balaban J connectivity index is 2.56. The lowest BCUT2D eigenvalue weighted by atomic mass is 10.3. The van der Waals surface area contributed by atoms with Crippen molar-refractivity contribution in [2.24, 2.45) is 0 Å². The summed E-state index contributed by atoms with van der Waals surface area (Å²) in [6, 6.07) is 0. The molecule has 0 N–H and O–H groups in total. The number of esters is 1. The summed E-state index contributed by atoms with van der Waals surface area (Å²) in [5, 5.41) is 0. The maximum atomic E-state index is 10.9. The molecule has 0 heterocycles. The first kappa shape index (κ1) is 8.90. The maximum Gasteiger partial charge on any atom is 0.306 e. The van der Waals surface area contributed by atoms with Crippen LogP contribution in [0.5, 0.6) is 0 Å². The van der Waals surface area contributed by atoms with Gasteiger partial charge >= 0.3 is 5.97 Å². The fourth-order valence-corrected chi connectivity index (χ4v) is 1.03. The first-order valence-corrected chi connectivity index (χ1v) is 3.90. The van der Waals surface area contributed by atoms with Crippen LogP contribution in [-0.4, -0.2) is 23.6 Å². The molecule has 1 aliphatic carbocycles. The van der Waals surface area contributed by atoms with Crippen LogP contribution in [0.4, 0.5) is 0 Å².